The summed E-state index contributed by atoms with van der Waals surface area (Å²) in [5.74, 6) is -1.73. The van der Waals surface area contributed by atoms with Crippen LogP contribution in [0.1, 0.15) is 17.5 Å². The number of hydrogen-bond acceptors (Lipinski definition) is 3. The molecule has 27 heavy (non-hydrogen) atoms. The lowest BCUT2D eigenvalue weighted by Gasteiger charge is -2.15. The minimum Gasteiger partial charge on any atom is -0.481 e. The van der Waals surface area contributed by atoms with Crippen molar-refractivity contribution < 1.29 is 14.7 Å². The Hall–Kier alpha value is -3.15. The van der Waals surface area contributed by atoms with Gasteiger partial charge in [-0.15, -0.1) is 0 Å². The largest absolute Gasteiger partial charge is 0.481 e. The highest BCUT2D eigenvalue weighted by atomic mass is 16.4. The quantitative estimate of drug-likeness (QED) is 0.643. The molecule has 3 aromatic rings. The molecule has 2 N–H and O–H groups in total. The van der Waals surface area contributed by atoms with E-state index < -0.39 is 11.9 Å². The molecule has 6 nitrogen and oxygen atoms in total. The van der Waals surface area contributed by atoms with E-state index in [4.69, 9.17) is 0 Å². The predicted molar refractivity (Wildman–Crippen MR) is 103 cm³/mol. The molecule has 0 bridgehead atoms. The number of fused-ring (bicyclic) bond motifs is 1. The van der Waals surface area contributed by atoms with E-state index in [1.807, 2.05) is 55.7 Å². The molecule has 2 aromatic carbocycles. The van der Waals surface area contributed by atoms with Gasteiger partial charge in [-0.2, -0.15) is 5.10 Å². The molecule has 0 saturated carbocycles. The van der Waals surface area contributed by atoms with Crippen molar-refractivity contribution in [2.45, 2.75) is 19.3 Å². The highest BCUT2D eigenvalue weighted by Crippen LogP contribution is 2.21. The first kappa shape index (κ1) is 18.6. The van der Waals surface area contributed by atoms with E-state index in [1.165, 1.54) is 0 Å². The van der Waals surface area contributed by atoms with E-state index in [9.17, 15) is 14.7 Å². The summed E-state index contributed by atoms with van der Waals surface area (Å²) >= 11 is 0. The molecular weight excluding hydrogens is 342 g/mol. The molecule has 0 fully saturated rings. The second-order valence-electron chi connectivity index (χ2n) is 6.70. The van der Waals surface area contributed by atoms with E-state index in [1.54, 1.807) is 10.9 Å². The highest BCUT2D eigenvalue weighted by Gasteiger charge is 2.20. The maximum Gasteiger partial charge on any atom is 0.308 e. The smallest absolute Gasteiger partial charge is 0.308 e. The predicted octanol–water partition coefficient (Wildman–Crippen LogP) is 2.57. The monoisotopic (exact) mass is 365 g/mol. The zero-order valence-corrected chi connectivity index (χ0v) is 15.3. The molecule has 0 aliphatic carbocycles. The third-order valence-electron chi connectivity index (χ3n) is 4.64. The van der Waals surface area contributed by atoms with Crippen LogP contribution in [0.3, 0.4) is 0 Å². The van der Waals surface area contributed by atoms with Gasteiger partial charge in [-0.05, 0) is 34.7 Å². The Bertz CT molecular complexity index is 943. The van der Waals surface area contributed by atoms with Gasteiger partial charge in [0.1, 0.15) is 0 Å². The number of hydrogen-bond donors (Lipinski definition) is 2. The van der Waals surface area contributed by atoms with Crippen LogP contribution in [0.4, 0.5) is 0 Å². The van der Waals surface area contributed by atoms with Gasteiger partial charge in [-0.25, -0.2) is 0 Å². The van der Waals surface area contributed by atoms with E-state index >= 15 is 0 Å². The number of carboxylic acid groups (broad SMARTS) is 1. The number of nitrogens with one attached hydrogen (secondary N) is 1. The van der Waals surface area contributed by atoms with Crippen molar-refractivity contribution in [1.82, 2.24) is 15.1 Å². The van der Waals surface area contributed by atoms with Crippen LogP contribution in [0.5, 0.6) is 0 Å². The van der Waals surface area contributed by atoms with Gasteiger partial charge >= 0.3 is 5.97 Å². The van der Waals surface area contributed by atoms with Crippen LogP contribution < -0.4 is 5.32 Å². The number of carbonyl (C=O) groups is 2. The van der Waals surface area contributed by atoms with Gasteiger partial charge < -0.3 is 10.4 Å². The Balaban J connectivity index is 1.59. The topological polar surface area (TPSA) is 84.2 Å². The Morgan fingerprint density at radius 2 is 1.96 bits per heavy atom. The number of aryl methyl sites for hydroxylation is 2. The fourth-order valence-electron chi connectivity index (χ4n) is 3.17. The molecule has 0 saturated heterocycles. The summed E-state index contributed by atoms with van der Waals surface area (Å²) in [6.45, 7) is 0.116. The molecule has 1 heterocycles. The van der Waals surface area contributed by atoms with E-state index in [0.717, 1.165) is 21.9 Å². The fourth-order valence-corrected chi connectivity index (χ4v) is 3.17. The van der Waals surface area contributed by atoms with Crippen LogP contribution in [0.2, 0.25) is 0 Å². The van der Waals surface area contributed by atoms with Crippen molar-refractivity contribution in [3.63, 3.8) is 0 Å². The van der Waals surface area contributed by atoms with Crippen LogP contribution in [-0.2, 0) is 29.5 Å². The van der Waals surface area contributed by atoms with E-state index in [2.05, 4.69) is 10.4 Å². The normalized spacial score (nSPS) is 12.0. The molecule has 140 valence electrons. The minimum atomic E-state index is -0.907. The number of carbonyl (C=O) groups excluding carboxylic acids is 1. The van der Waals surface area contributed by atoms with Gasteiger partial charge in [-0.1, -0.05) is 42.5 Å². The van der Waals surface area contributed by atoms with Crippen molar-refractivity contribution in [1.29, 1.82) is 0 Å². The third-order valence-corrected chi connectivity index (χ3v) is 4.64. The van der Waals surface area contributed by atoms with Crippen molar-refractivity contribution in [2.75, 3.05) is 6.54 Å². The summed E-state index contributed by atoms with van der Waals surface area (Å²) in [5, 5.41) is 18.5. The summed E-state index contributed by atoms with van der Waals surface area (Å²) in [6, 6.07) is 13.8. The minimum absolute atomic E-state index is 0.116. The summed E-state index contributed by atoms with van der Waals surface area (Å²) in [5.41, 5.74) is 1.96. The highest BCUT2D eigenvalue weighted by molar-refractivity contribution is 5.86. The summed E-state index contributed by atoms with van der Waals surface area (Å²) in [6.07, 6.45) is 4.87. The molecule has 1 unspecified atom stereocenters. The van der Waals surface area contributed by atoms with Gasteiger partial charge in [0.05, 0.1) is 12.1 Å². The molecule has 1 atom stereocenters. The van der Waals surface area contributed by atoms with Crippen LogP contribution in [0.25, 0.3) is 10.8 Å². The van der Waals surface area contributed by atoms with Crippen LogP contribution in [0, 0.1) is 5.92 Å². The maximum atomic E-state index is 12.1. The molecule has 0 aliphatic rings. The lowest BCUT2D eigenvalue weighted by Crippen LogP contribution is -2.34. The molecule has 0 aliphatic heterocycles. The van der Waals surface area contributed by atoms with Gasteiger partial charge in [-0.3, -0.25) is 14.3 Å². The number of amides is 1. The number of carboxylic acids is 1. The van der Waals surface area contributed by atoms with Crippen molar-refractivity contribution >= 4 is 22.6 Å². The molecule has 0 spiro atoms. The van der Waals surface area contributed by atoms with Gasteiger partial charge in [0, 0.05) is 26.2 Å². The standard InChI is InChI=1S/C21H23N3O3/c1-24-14-15(12-23-24)9-10-20(25)22-13-18(21(26)27)11-17-7-4-6-16-5-2-3-8-19(16)17/h2-8,12,14,18H,9-11,13H2,1H3,(H,22,25)(H,26,27). The molecule has 3 rings (SSSR count). The second kappa shape index (κ2) is 8.49. The molecule has 6 heteroatoms. The first-order valence-corrected chi connectivity index (χ1v) is 8.96. The Kier molecular flexibility index (Phi) is 5.86. The Labute approximate surface area is 157 Å². The lowest BCUT2D eigenvalue weighted by atomic mass is 9.94. The van der Waals surface area contributed by atoms with Gasteiger partial charge in [0.15, 0.2) is 0 Å². The van der Waals surface area contributed by atoms with E-state index in [-0.39, 0.29) is 12.5 Å². The SMILES string of the molecule is Cn1cc(CCC(=O)NCC(Cc2cccc3ccccc23)C(=O)O)cn1. The van der Waals surface area contributed by atoms with Crippen LogP contribution in [0.15, 0.2) is 54.9 Å². The number of aliphatic carboxylic acids is 1. The zero-order chi connectivity index (χ0) is 19.2. The summed E-state index contributed by atoms with van der Waals surface area (Å²) < 4.78 is 1.69. The average Bonchev–Trinajstić information content (AvgIpc) is 3.08. The van der Waals surface area contributed by atoms with E-state index in [0.29, 0.717) is 19.3 Å². The van der Waals surface area contributed by atoms with Gasteiger partial charge in [0.25, 0.3) is 0 Å². The zero-order valence-electron chi connectivity index (χ0n) is 15.3. The summed E-state index contributed by atoms with van der Waals surface area (Å²) in [7, 11) is 1.83. The number of benzene rings is 2. The van der Waals surface area contributed by atoms with Crippen LogP contribution >= 0.6 is 0 Å². The molecule has 1 aromatic heterocycles. The van der Waals surface area contributed by atoms with Crippen molar-refractivity contribution in [3.8, 4) is 0 Å². The number of rotatable bonds is 8. The Morgan fingerprint density at radius 1 is 1.19 bits per heavy atom. The first-order chi connectivity index (χ1) is 13.0. The van der Waals surface area contributed by atoms with Crippen LogP contribution in [-0.4, -0.2) is 33.3 Å². The lowest BCUT2D eigenvalue weighted by molar-refractivity contribution is -0.141. The second-order valence-corrected chi connectivity index (χ2v) is 6.70. The average molecular weight is 365 g/mol. The molecule has 0 radical (unpaired) electrons. The number of aromatic nitrogens is 2. The maximum absolute atomic E-state index is 12.1. The number of nitrogens with zero attached hydrogens (tertiary/aromatic N) is 2. The molecular formula is C21H23N3O3. The fraction of sp³-hybridized carbons (Fsp3) is 0.286. The van der Waals surface area contributed by atoms with Gasteiger partial charge in [0.2, 0.25) is 5.91 Å². The van der Waals surface area contributed by atoms with Crippen molar-refractivity contribution in [2.24, 2.45) is 13.0 Å². The first-order valence-electron chi connectivity index (χ1n) is 8.96. The van der Waals surface area contributed by atoms with Crippen molar-refractivity contribution in [3.05, 3.63) is 66.0 Å². The third kappa shape index (κ3) is 4.94. The summed E-state index contributed by atoms with van der Waals surface area (Å²) in [4.78, 5) is 23.8. The Morgan fingerprint density at radius 3 is 2.70 bits per heavy atom. The molecule has 1 amide bonds.